The summed E-state index contributed by atoms with van der Waals surface area (Å²) in [4.78, 5) is 5.36. The number of hydrogen-bond donors (Lipinski definition) is 2. The van der Waals surface area contributed by atoms with Crippen molar-refractivity contribution in [3.8, 4) is 10.6 Å². The fourth-order valence-electron chi connectivity index (χ4n) is 3.61. The smallest absolute Gasteiger partial charge is 0.145 e. The molecule has 2 aromatic heterocycles. The highest BCUT2D eigenvalue weighted by Crippen LogP contribution is 2.36. The van der Waals surface area contributed by atoms with Crippen molar-refractivity contribution in [1.29, 1.82) is 0 Å². The second-order valence-corrected chi connectivity index (χ2v) is 8.58. The number of halogens is 2. The highest BCUT2D eigenvalue weighted by Gasteiger charge is 2.45. The molecule has 160 valence electrons. The number of thiazole rings is 1. The van der Waals surface area contributed by atoms with E-state index in [1.54, 1.807) is 24.6 Å². The number of methoxy groups -OCH3 is 1. The molecule has 0 aliphatic carbocycles. The van der Waals surface area contributed by atoms with Gasteiger partial charge < -0.3 is 24.1 Å². The number of alkyl halides is 1. The summed E-state index contributed by atoms with van der Waals surface area (Å²) in [5.74, 6) is 0.749. The van der Waals surface area contributed by atoms with Gasteiger partial charge in [-0.05, 0) is 29.3 Å². The zero-order valence-corrected chi connectivity index (χ0v) is 17.6. The molecule has 9 heteroatoms. The average molecular weight is 454 g/mol. The van der Waals surface area contributed by atoms with Gasteiger partial charge in [-0.2, -0.15) is 0 Å². The van der Waals surface area contributed by atoms with E-state index >= 15 is 0 Å². The summed E-state index contributed by atoms with van der Waals surface area (Å²) in [5.41, 5.74) is 1.42. The number of aliphatic hydroxyl groups excluding tert-OH is 2. The Hall–Kier alpha value is -1.81. The van der Waals surface area contributed by atoms with Crippen LogP contribution < -0.4 is 0 Å². The van der Waals surface area contributed by atoms with Gasteiger partial charge in [-0.15, -0.1) is 11.3 Å². The topological polar surface area (TPSA) is 85.0 Å². The van der Waals surface area contributed by atoms with Crippen LogP contribution in [0.25, 0.3) is 10.6 Å². The van der Waals surface area contributed by atoms with Crippen LogP contribution in [-0.2, 0) is 15.9 Å². The molecule has 3 aromatic rings. The Balaban J connectivity index is 1.58. The lowest BCUT2D eigenvalue weighted by molar-refractivity contribution is -0.234. The fraction of sp³-hybridized carbons (Fsp3) is 0.381. The number of benzene rings is 1. The Morgan fingerprint density at radius 1 is 1.27 bits per heavy atom. The van der Waals surface area contributed by atoms with Gasteiger partial charge in [0.05, 0.1) is 16.1 Å². The third-order valence-electron chi connectivity index (χ3n) is 5.17. The summed E-state index contributed by atoms with van der Waals surface area (Å²) in [7, 11) is 1.36. The highest BCUT2D eigenvalue weighted by molar-refractivity contribution is 7.15. The van der Waals surface area contributed by atoms with Gasteiger partial charge in [-0.1, -0.05) is 23.7 Å². The fourth-order valence-corrected chi connectivity index (χ4v) is 4.71. The van der Waals surface area contributed by atoms with Gasteiger partial charge >= 0.3 is 0 Å². The Morgan fingerprint density at radius 3 is 2.80 bits per heavy atom. The van der Waals surface area contributed by atoms with Crippen molar-refractivity contribution >= 4 is 22.9 Å². The maximum absolute atomic E-state index is 13.3. The van der Waals surface area contributed by atoms with Crippen molar-refractivity contribution in [2.75, 3.05) is 13.8 Å². The second kappa shape index (κ2) is 9.13. The molecular formula is C21H21ClFNO5S. The molecule has 0 saturated carbocycles. The largest absolute Gasteiger partial charge is 0.463 e. The molecular weight excluding hydrogens is 433 g/mol. The van der Waals surface area contributed by atoms with E-state index in [0.29, 0.717) is 17.0 Å². The number of aliphatic hydroxyl groups is 2. The highest BCUT2D eigenvalue weighted by atomic mass is 35.5. The molecule has 0 bridgehead atoms. The van der Waals surface area contributed by atoms with Gasteiger partial charge in [0, 0.05) is 24.8 Å². The summed E-state index contributed by atoms with van der Waals surface area (Å²) in [6, 6.07) is 8.92. The summed E-state index contributed by atoms with van der Waals surface area (Å²) in [6.45, 7) is -0.890. The van der Waals surface area contributed by atoms with E-state index in [9.17, 15) is 14.6 Å². The molecule has 1 saturated heterocycles. The van der Waals surface area contributed by atoms with E-state index in [4.69, 9.17) is 25.5 Å². The lowest BCUT2D eigenvalue weighted by Gasteiger charge is -2.41. The molecule has 30 heavy (non-hydrogen) atoms. The first-order valence-corrected chi connectivity index (χ1v) is 10.6. The molecule has 4 rings (SSSR count). The molecule has 1 aliphatic rings. The molecule has 1 aromatic carbocycles. The molecule has 6 nitrogen and oxygen atoms in total. The van der Waals surface area contributed by atoms with E-state index in [1.807, 2.05) is 18.2 Å². The monoisotopic (exact) mass is 453 g/mol. The zero-order chi connectivity index (χ0) is 21.3. The first kappa shape index (κ1) is 21.4. The van der Waals surface area contributed by atoms with Crippen molar-refractivity contribution in [2.45, 2.75) is 36.9 Å². The van der Waals surface area contributed by atoms with Gasteiger partial charge in [0.15, 0.2) is 0 Å². The quantitative estimate of drug-likeness (QED) is 0.590. The number of ether oxygens (including phenoxy) is 2. The first-order valence-electron chi connectivity index (χ1n) is 9.39. The van der Waals surface area contributed by atoms with Crippen LogP contribution in [0.1, 0.15) is 22.2 Å². The van der Waals surface area contributed by atoms with Crippen LogP contribution in [0.15, 0.2) is 47.2 Å². The number of hydrogen-bond acceptors (Lipinski definition) is 7. The van der Waals surface area contributed by atoms with E-state index in [2.05, 4.69) is 4.98 Å². The van der Waals surface area contributed by atoms with Gasteiger partial charge in [0.25, 0.3) is 0 Å². The number of aromatic nitrogens is 1. The second-order valence-electron chi connectivity index (χ2n) is 7.05. The molecule has 2 N–H and O–H groups in total. The van der Waals surface area contributed by atoms with Crippen LogP contribution in [0.2, 0.25) is 5.02 Å². The molecule has 1 aliphatic heterocycles. The molecule has 5 unspecified atom stereocenters. The zero-order valence-electron chi connectivity index (χ0n) is 16.1. The summed E-state index contributed by atoms with van der Waals surface area (Å²) < 4.78 is 29.6. The first-order chi connectivity index (χ1) is 14.5. The summed E-state index contributed by atoms with van der Waals surface area (Å²) in [5, 5.41) is 22.2. The van der Waals surface area contributed by atoms with Crippen molar-refractivity contribution < 1.29 is 28.5 Å². The van der Waals surface area contributed by atoms with Gasteiger partial charge in [0.2, 0.25) is 0 Å². The average Bonchev–Trinajstić information content (AvgIpc) is 3.42. The molecule has 5 atom stereocenters. The Bertz CT molecular complexity index is 982. The minimum atomic E-state index is -1.26. The van der Waals surface area contributed by atoms with E-state index in [1.165, 1.54) is 18.4 Å². The Kier molecular flexibility index (Phi) is 6.52. The maximum atomic E-state index is 13.3. The Labute approximate surface area is 181 Å². The van der Waals surface area contributed by atoms with Crippen LogP contribution in [-0.4, -0.2) is 53.4 Å². The number of furan rings is 1. The lowest BCUT2D eigenvalue weighted by Crippen LogP contribution is -2.55. The number of rotatable bonds is 6. The predicted octanol–water partition coefficient (Wildman–Crippen LogP) is 3.79. The minimum absolute atomic E-state index is 0.476. The van der Waals surface area contributed by atoms with Gasteiger partial charge in [-0.3, -0.25) is 0 Å². The Morgan fingerprint density at radius 2 is 2.10 bits per heavy atom. The molecule has 0 radical (unpaired) electrons. The van der Waals surface area contributed by atoms with E-state index < -0.39 is 37.2 Å². The van der Waals surface area contributed by atoms with Crippen molar-refractivity contribution in [3.63, 3.8) is 0 Å². The van der Waals surface area contributed by atoms with E-state index in [0.717, 1.165) is 21.2 Å². The third kappa shape index (κ3) is 4.16. The van der Waals surface area contributed by atoms with Crippen LogP contribution in [0.4, 0.5) is 4.39 Å². The van der Waals surface area contributed by atoms with Crippen molar-refractivity contribution in [3.05, 3.63) is 63.9 Å². The summed E-state index contributed by atoms with van der Waals surface area (Å²) >= 11 is 7.89. The van der Waals surface area contributed by atoms with Crippen molar-refractivity contribution in [2.24, 2.45) is 0 Å². The number of nitrogens with zero attached hydrogens (tertiary/aromatic N) is 1. The molecule has 0 amide bonds. The van der Waals surface area contributed by atoms with Gasteiger partial charge in [0.1, 0.15) is 43.0 Å². The predicted molar refractivity (Wildman–Crippen MR) is 110 cm³/mol. The van der Waals surface area contributed by atoms with Crippen LogP contribution in [0.5, 0.6) is 0 Å². The SMILES string of the molecule is COC1C(O)C(CF)OC(c2ccc(Cl)c(Cc3ncc(-c4ccco4)s3)c2)C1O. The van der Waals surface area contributed by atoms with Crippen LogP contribution in [0.3, 0.4) is 0 Å². The normalized spacial score (nSPS) is 26.8. The molecule has 1 fully saturated rings. The maximum Gasteiger partial charge on any atom is 0.145 e. The summed E-state index contributed by atoms with van der Waals surface area (Å²) in [6.07, 6.45) is -1.48. The molecule has 0 spiro atoms. The van der Waals surface area contributed by atoms with Crippen molar-refractivity contribution in [1.82, 2.24) is 4.98 Å². The standard InChI is InChI=1S/C21H21ClFNO5S/c1-27-21-18(25)15(9-23)29-20(19(21)26)11-4-5-13(22)12(7-11)8-17-24-10-16(30-17)14-3-2-6-28-14/h2-7,10,15,18-21,25-26H,8-9H2,1H3. The van der Waals surface area contributed by atoms with Crippen LogP contribution in [0, 0.1) is 0 Å². The molecule has 3 heterocycles. The minimum Gasteiger partial charge on any atom is -0.463 e. The van der Waals surface area contributed by atoms with Gasteiger partial charge in [-0.25, -0.2) is 9.37 Å². The van der Waals surface area contributed by atoms with Crippen LogP contribution >= 0.6 is 22.9 Å². The van der Waals surface area contributed by atoms with E-state index in [-0.39, 0.29) is 0 Å². The third-order valence-corrected chi connectivity index (χ3v) is 6.55. The lowest BCUT2D eigenvalue weighted by atomic mass is 9.90.